The second-order valence-corrected chi connectivity index (χ2v) is 7.39. The molecule has 1 aromatic rings. The van der Waals surface area contributed by atoms with Gasteiger partial charge in [0.25, 0.3) is 0 Å². The second-order valence-electron chi connectivity index (χ2n) is 6.25. The van der Waals surface area contributed by atoms with E-state index in [1.54, 1.807) is 0 Å². The molecule has 2 unspecified atom stereocenters. The molecule has 2 atom stereocenters. The molecule has 0 aliphatic carbocycles. The maximum Gasteiger partial charge on any atom is 0.109 e. The molecule has 19 heavy (non-hydrogen) atoms. The fourth-order valence-electron chi connectivity index (χ4n) is 2.69. The normalized spacial score (nSPS) is 24.3. The first-order valence-corrected chi connectivity index (χ1v) is 8.26. The van der Waals surface area contributed by atoms with Crippen LogP contribution in [0.5, 0.6) is 0 Å². The number of rotatable bonds is 5. The molecule has 1 aliphatic rings. The van der Waals surface area contributed by atoms with E-state index in [0.717, 1.165) is 19.5 Å². The predicted molar refractivity (Wildman–Crippen MR) is 82.7 cm³/mol. The van der Waals surface area contributed by atoms with Crippen molar-refractivity contribution in [2.45, 2.75) is 59.0 Å². The summed E-state index contributed by atoms with van der Waals surface area (Å²) in [6.07, 6.45) is 5.71. The van der Waals surface area contributed by atoms with E-state index >= 15 is 0 Å². The molecule has 0 spiro atoms. The third-order valence-electron chi connectivity index (χ3n) is 4.25. The SMILES string of the molecule is CCc1cnc(C(C)NCC2NCCCC2(C)C)s1. The Labute approximate surface area is 121 Å². The van der Waals surface area contributed by atoms with E-state index in [2.05, 4.69) is 43.3 Å². The minimum Gasteiger partial charge on any atom is -0.312 e. The summed E-state index contributed by atoms with van der Waals surface area (Å²) in [6, 6.07) is 0.916. The summed E-state index contributed by atoms with van der Waals surface area (Å²) in [6.45, 7) is 11.3. The van der Waals surface area contributed by atoms with Gasteiger partial charge < -0.3 is 10.6 Å². The molecule has 108 valence electrons. The Kier molecular flexibility index (Phi) is 4.98. The van der Waals surface area contributed by atoms with E-state index in [4.69, 9.17) is 0 Å². The van der Waals surface area contributed by atoms with Crippen molar-refractivity contribution >= 4 is 11.3 Å². The van der Waals surface area contributed by atoms with Gasteiger partial charge in [0.05, 0.1) is 6.04 Å². The number of hydrogen-bond acceptors (Lipinski definition) is 4. The lowest BCUT2D eigenvalue weighted by atomic mass is 9.77. The van der Waals surface area contributed by atoms with Gasteiger partial charge in [0.15, 0.2) is 0 Å². The molecule has 4 heteroatoms. The molecule has 0 saturated carbocycles. The van der Waals surface area contributed by atoms with Crippen molar-refractivity contribution in [3.63, 3.8) is 0 Å². The van der Waals surface area contributed by atoms with Crippen LogP contribution in [0.25, 0.3) is 0 Å². The van der Waals surface area contributed by atoms with Gasteiger partial charge in [-0.2, -0.15) is 0 Å². The summed E-state index contributed by atoms with van der Waals surface area (Å²) in [4.78, 5) is 5.90. The van der Waals surface area contributed by atoms with Crippen molar-refractivity contribution < 1.29 is 0 Å². The van der Waals surface area contributed by atoms with Crippen molar-refractivity contribution in [3.05, 3.63) is 16.1 Å². The van der Waals surface area contributed by atoms with Crippen LogP contribution < -0.4 is 10.6 Å². The first-order valence-electron chi connectivity index (χ1n) is 7.44. The van der Waals surface area contributed by atoms with Crippen LogP contribution in [0.2, 0.25) is 0 Å². The van der Waals surface area contributed by atoms with E-state index in [1.807, 2.05) is 17.5 Å². The third kappa shape index (κ3) is 3.77. The second kappa shape index (κ2) is 6.33. The van der Waals surface area contributed by atoms with Crippen LogP contribution >= 0.6 is 11.3 Å². The standard InChI is InChI=1S/C15H27N3S/c1-5-12-9-18-14(19-12)11(2)17-10-13-15(3,4)7-6-8-16-13/h9,11,13,16-17H,5-8,10H2,1-4H3. The summed E-state index contributed by atoms with van der Waals surface area (Å²) in [5.74, 6) is 0. The van der Waals surface area contributed by atoms with Gasteiger partial charge in [0.1, 0.15) is 5.01 Å². The molecule has 0 bridgehead atoms. The van der Waals surface area contributed by atoms with Crippen LogP contribution in [0.4, 0.5) is 0 Å². The fraction of sp³-hybridized carbons (Fsp3) is 0.800. The number of piperidine rings is 1. The van der Waals surface area contributed by atoms with Crippen LogP contribution in [-0.4, -0.2) is 24.1 Å². The summed E-state index contributed by atoms with van der Waals surface area (Å²) in [5.41, 5.74) is 0.391. The molecule has 3 nitrogen and oxygen atoms in total. The highest BCUT2D eigenvalue weighted by atomic mass is 32.1. The molecule has 2 rings (SSSR count). The van der Waals surface area contributed by atoms with Gasteiger partial charge in [-0.3, -0.25) is 0 Å². The molecular weight excluding hydrogens is 254 g/mol. The first-order chi connectivity index (χ1) is 9.03. The van der Waals surface area contributed by atoms with Crippen molar-refractivity contribution in [2.75, 3.05) is 13.1 Å². The first kappa shape index (κ1) is 14.9. The van der Waals surface area contributed by atoms with Gasteiger partial charge in [-0.05, 0) is 38.1 Å². The Morgan fingerprint density at radius 3 is 3.00 bits per heavy atom. The van der Waals surface area contributed by atoms with Crippen LogP contribution in [0, 0.1) is 5.41 Å². The molecule has 0 aromatic carbocycles. The Bertz CT molecular complexity index is 400. The number of thiazole rings is 1. The van der Waals surface area contributed by atoms with Gasteiger partial charge in [-0.25, -0.2) is 4.98 Å². The molecular formula is C15H27N3S. The quantitative estimate of drug-likeness (QED) is 0.870. The van der Waals surface area contributed by atoms with Gasteiger partial charge in [0.2, 0.25) is 0 Å². The lowest BCUT2D eigenvalue weighted by Crippen LogP contribution is -2.52. The fourth-order valence-corrected chi connectivity index (χ4v) is 3.57. The topological polar surface area (TPSA) is 37.0 Å². The highest BCUT2D eigenvalue weighted by Gasteiger charge is 2.31. The van der Waals surface area contributed by atoms with Crippen LogP contribution in [-0.2, 0) is 6.42 Å². The monoisotopic (exact) mass is 281 g/mol. The molecule has 2 N–H and O–H groups in total. The minimum atomic E-state index is 0.352. The largest absolute Gasteiger partial charge is 0.312 e. The van der Waals surface area contributed by atoms with E-state index in [9.17, 15) is 0 Å². The summed E-state index contributed by atoms with van der Waals surface area (Å²) >= 11 is 1.83. The minimum absolute atomic E-state index is 0.352. The Morgan fingerprint density at radius 1 is 1.58 bits per heavy atom. The van der Waals surface area contributed by atoms with E-state index < -0.39 is 0 Å². The van der Waals surface area contributed by atoms with Crippen LogP contribution in [0.15, 0.2) is 6.20 Å². The molecule has 1 aromatic heterocycles. The third-order valence-corrected chi connectivity index (χ3v) is 5.57. The number of aromatic nitrogens is 1. The highest BCUT2D eigenvalue weighted by molar-refractivity contribution is 7.11. The summed E-state index contributed by atoms with van der Waals surface area (Å²) < 4.78 is 0. The maximum atomic E-state index is 4.52. The maximum absolute atomic E-state index is 4.52. The van der Waals surface area contributed by atoms with Crippen molar-refractivity contribution in [2.24, 2.45) is 5.41 Å². The number of hydrogen-bond donors (Lipinski definition) is 2. The van der Waals surface area contributed by atoms with E-state index in [0.29, 0.717) is 17.5 Å². The van der Waals surface area contributed by atoms with Crippen molar-refractivity contribution in [1.82, 2.24) is 15.6 Å². The Balaban J connectivity index is 1.87. The van der Waals surface area contributed by atoms with E-state index in [1.165, 1.54) is 22.7 Å². The van der Waals surface area contributed by atoms with Gasteiger partial charge >= 0.3 is 0 Å². The zero-order valence-electron chi connectivity index (χ0n) is 12.6. The van der Waals surface area contributed by atoms with Crippen molar-refractivity contribution in [3.8, 4) is 0 Å². The zero-order valence-corrected chi connectivity index (χ0v) is 13.4. The molecule has 1 fully saturated rings. The average molecular weight is 281 g/mol. The van der Waals surface area contributed by atoms with Gasteiger partial charge in [-0.1, -0.05) is 20.8 Å². The summed E-state index contributed by atoms with van der Waals surface area (Å²) in [5, 5.41) is 8.51. The van der Waals surface area contributed by atoms with Gasteiger partial charge in [-0.15, -0.1) is 11.3 Å². The Morgan fingerprint density at radius 2 is 2.37 bits per heavy atom. The lowest BCUT2D eigenvalue weighted by Gasteiger charge is -2.40. The predicted octanol–water partition coefficient (Wildman–Crippen LogP) is 3.13. The van der Waals surface area contributed by atoms with Crippen LogP contribution in [0.1, 0.15) is 56.5 Å². The Hall–Kier alpha value is -0.450. The smallest absolute Gasteiger partial charge is 0.109 e. The number of nitrogens with zero attached hydrogens (tertiary/aromatic N) is 1. The number of aryl methyl sites for hydroxylation is 1. The highest BCUT2D eigenvalue weighted by Crippen LogP contribution is 2.30. The van der Waals surface area contributed by atoms with Crippen molar-refractivity contribution in [1.29, 1.82) is 0 Å². The lowest BCUT2D eigenvalue weighted by molar-refractivity contribution is 0.173. The molecule has 1 aliphatic heterocycles. The van der Waals surface area contributed by atoms with Crippen LogP contribution in [0.3, 0.4) is 0 Å². The molecule has 0 amide bonds. The number of nitrogens with one attached hydrogen (secondary N) is 2. The zero-order chi connectivity index (χ0) is 13.9. The van der Waals surface area contributed by atoms with Gasteiger partial charge in [0, 0.05) is 23.7 Å². The summed E-state index contributed by atoms with van der Waals surface area (Å²) in [7, 11) is 0. The molecule has 0 radical (unpaired) electrons. The molecule has 2 heterocycles. The average Bonchev–Trinajstić information content (AvgIpc) is 2.85. The molecule has 1 saturated heterocycles. The van der Waals surface area contributed by atoms with E-state index in [-0.39, 0.29) is 0 Å².